The van der Waals surface area contributed by atoms with Crippen LogP contribution in [0.3, 0.4) is 0 Å². The lowest BCUT2D eigenvalue weighted by atomic mass is 10.1. The third-order valence-corrected chi connectivity index (χ3v) is 2.50. The smallest absolute Gasteiger partial charge is 0.306 e. The summed E-state index contributed by atoms with van der Waals surface area (Å²) in [6.07, 6.45) is 11.4. The molecule has 0 aromatic carbocycles. The summed E-state index contributed by atoms with van der Waals surface area (Å²) in [5.74, 6) is -0.102. The highest BCUT2D eigenvalue weighted by Gasteiger charge is 2.00. The third-order valence-electron chi connectivity index (χ3n) is 2.50. The van der Waals surface area contributed by atoms with E-state index >= 15 is 0 Å². The first-order valence-corrected chi connectivity index (χ1v) is 6.56. The van der Waals surface area contributed by atoms with E-state index in [1.165, 1.54) is 31.3 Å². The average molecular weight is 238 g/mol. The number of rotatable bonds is 10. The van der Waals surface area contributed by atoms with E-state index in [2.05, 4.69) is 26.5 Å². The van der Waals surface area contributed by atoms with Gasteiger partial charge < -0.3 is 4.74 Å². The van der Waals surface area contributed by atoms with Crippen LogP contribution in [0.1, 0.15) is 58.8 Å². The first-order valence-electron chi connectivity index (χ1n) is 6.56. The molecule has 0 rings (SSSR count). The molecule has 0 aromatic heterocycles. The Kier molecular flexibility index (Phi) is 10.7. The largest absolute Gasteiger partial charge is 0.461 e. The van der Waals surface area contributed by atoms with E-state index in [-0.39, 0.29) is 5.97 Å². The Morgan fingerprint density at radius 3 is 2.41 bits per heavy atom. The fraction of sp³-hybridized carbons (Fsp3) is 0.667. The number of esters is 1. The highest BCUT2D eigenvalue weighted by molar-refractivity contribution is 5.69. The Morgan fingerprint density at radius 1 is 1.12 bits per heavy atom. The Bertz CT molecular complexity index is 237. The minimum absolute atomic E-state index is 0.102. The number of hydrogen-bond acceptors (Lipinski definition) is 2. The molecule has 17 heavy (non-hydrogen) atoms. The summed E-state index contributed by atoms with van der Waals surface area (Å²) in [6.45, 7) is 8.10. The molecule has 0 heterocycles. The molecule has 0 saturated heterocycles. The normalized spacial score (nSPS) is 9.76. The Hall–Kier alpha value is -1.05. The molecule has 2 nitrogen and oxygen atoms in total. The maximum Gasteiger partial charge on any atom is 0.306 e. The molecule has 2 heteroatoms. The van der Waals surface area contributed by atoms with E-state index in [1.807, 2.05) is 0 Å². The maximum absolute atomic E-state index is 11.1. The van der Waals surface area contributed by atoms with Crippen molar-refractivity contribution >= 4 is 5.97 Å². The van der Waals surface area contributed by atoms with Crippen LogP contribution in [0.25, 0.3) is 0 Å². The van der Waals surface area contributed by atoms with E-state index in [0.717, 1.165) is 12.8 Å². The van der Waals surface area contributed by atoms with Gasteiger partial charge >= 0.3 is 5.97 Å². The van der Waals surface area contributed by atoms with Crippen LogP contribution in [0.2, 0.25) is 0 Å². The van der Waals surface area contributed by atoms with Gasteiger partial charge in [0.15, 0.2) is 0 Å². The van der Waals surface area contributed by atoms with Crippen LogP contribution in [-0.2, 0) is 9.53 Å². The SMILES string of the molecule is C=CCOC(=O)CCCCCCCC=C(C)C. The van der Waals surface area contributed by atoms with Crippen LogP contribution in [0.15, 0.2) is 24.3 Å². The zero-order valence-corrected chi connectivity index (χ0v) is 11.3. The predicted octanol–water partition coefficient (Wildman–Crippen LogP) is 4.41. The second-order valence-corrected chi connectivity index (χ2v) is 4.56. The number of allylic oxidation sites excluding steroid dienone is 2. The summed E-state index contributed by atoms with van der Waals surface area (Å²) in [5, 5.41) is 0. The number of carbonyl (C=O) groups is 1. The number of hydrogen-bond donors (Lipinski definition) is 0. The quantitative estimate of drug-likeness (QED) is 0.320. The van der Waals surface area contributed by atoms with Crippen LogP contribution in [0.4, 0.5) is 0 Å². The van der Waals surface area contributed by atoms with Gasteiger partial charge in [-0.2, -0.15) is 0 Å². The Labute approximate surface area is 106 Å². The predicted molar refractivity (Wildman–Crippen MR) is 72.9 cm³/mol. The standard InChI is InChI=1S/C15H26O2/c1-4-13-17-15(16)12-10-8-6-5-7-9-11-14(2)3/h4,11H,1,5-10,12-13H2,2-3H3. The Balaban J connectivity index is 3.20. The second kappa shape index (κ2) is 11.4. The summed E-state index contributed by atoms with van der Waals surface area (Å²) in [6, 6.07) is 0. The molecule has 0 spiro atoms. The molecule has 0 unspecified atom stereocenters. The molecule has 0 aliphatic carbocycles. The van der Waals surface area contributed by atoms with Crippen LogP contribution in [0.5, 0.6) is 0 Å². The molecule has 0 aromatic rings. The van der Waals surface area contributed by atoms with Crippen molar-refractivity contribution in [3.63, 3.8) is 0 Å². The van der Waals surface area contributed by atoms with E-state index in [0.29, 0.717) is 13.0 Å². The maximum atomic E-state index is 11.1. The van der Waals surface area contributed by atoms with Crippen molar-refractivity contribution in [3.05, 3.63) is 24.3 Å². The molecule has 0 aliphatic rings. The molecule has 0 saturated carbocycles. The van der Waals surface area contributed by atoms with Crippen molar-refractivity contribution in [2.45, 2.75) is 58.8 Å². The lowest BCUT2D eigenvalue weighted by Crippen LogP contribution is -2.03. The van der Waals surface area contributed by atoms with Gasteiger partial charge in [0, 0.05) is 6.42 Å². The van der Waals surface area contributed by atoms with Crippen molar-refractivity contribution in [2.24, 2.45) is 0 Å². The van der Waals surface area contributed by atoms with Gasteiger partial charge in [0.05, 0.1) is 0 Å². The van der Waals surface area contributed by atoms with Crippen LogP contribution < -0.4 is 0 Å². The number of unbranched alkanes of at least 4 members (excludes halogenated alkanes) is 5. The Morgan fingerprint density at radius 2 is 1.76 bits per heavy atom. The summed E-state index contributed by atoms with van der Waals surface area (Å²) in [4.78, 5) is 11.1. The van der Waals surface area contributed by atoms with E-state index in [4.69, 9.17) is 4.74 Å². The number of ether oxygens (including phenoxy) is 1. The van der Waals surface area contributed by atoms with Crippen LogP contribution >= 0.6 is 0 Å². The molecule has 0 fully saturated rings. The average Bonchev–Trinajstić information content (AvgIpc) is 2.29. The van der Waals surface area contributed by atoms with Crippen molar-refractivity contribution in [1.29, 1.82) is 0 Å². The second-order valence-electron chi connectivity index (χ2n) is 4.56. The van der Waals surface area contributed by atoms with Gasteiger partial charge in [0.2, 0.25) is 0 Å². The van der Waals surface area contributed by atoms with Crippen molar-refractivity contribution < 1.29 is 9.53 Å². The summed E-state index contributed by atoms with van der Waals surface area (Å²) >= 11 is 0. The molecule has 98 valence electrons. The fourth-order valence-corrected chi connectivity index (χ4v) is 1.56. The highest BCUT2D eigenvalue weighted by Crippen LogP contribution is 2.09. The molecule has 0 atom stereocenters. The van der Waals surface area contributed by atoms with Gasteiger partial charge in [0.1, 0.15) is 6.61 Å². The van der Waals surface area contributed by atoms with Gasteiger partial charge in [-0.1, -0.05) is 43.6 Å². The third kappa shape index (κ3) is 12.9. The number of carbonyl (C=O) groups excluding carboxylic acids is 1. The van der Waals surface area contributed by atoms with Gasteiger partial charge in [-0.15, -0.1) is 0 Å². The van der Waals surface area contributed by atoms with E-state index in [1.54, 1.807) is 6.08 Å². The first kappa shape index (κ1) is 16.0. The zero-order chi connectivity index (χ0) is 12.9. The van der Waals surface area contributed by atoms with Gasteiger partial charge in [-0.3, -0.25) is 4.79 Å². The lowest BCUT2D eigenvalue weighted by Gasteiger charge is -2.02. The first-order chi connectivity index (χ1) is 8.16. The van der Waals surface area contributed by atoms with Gasteiger partial charge in [-0.05, 0) is 33.1 Å². The van der Waals surface area contributed by atoms with E-state index < -0.39 is 0 Å². The summed E-state index contributed by atoms with van der Waals surface area (Å²) < 4.78 is 4.90. The van der Waals surface area contributed by atoms with Crippen molar-refractivity contribution in [1.82, 2.24) is 0 Å². The molecule has 0 aliphatic heterocycles. The molecular weight excluding hydrogens is 212 g/mol. The van der Waals surface area contributed by atoms with Crippen molar-refractivity contribution in [3.8, 4) is 0 Å². The van der Waals surface area contributed by atoms with Crippen LogP contribution in [0, 0.1) is 0 Å². The minimum Gasteiger partial charge on any atom is -0.461 e. The topological polar surface area (TPSA) is 26.3 Å². The summed E-state index contributed by atoms with van der Waals surface area (Å²) in [5.41, 5.74) is 1.40. The minimum atomic E-state index is -0.102. The van der Waals surface area contributed by atoms with Gasteiger partial charge in [0.25, 0.3) is 0 Å². The molecule has 0 amide bonds. The van der Waals surface area contributed by atoms with E-state index in [9.17, 15) is 4.79 Å². The molecular formula is C15H26O2. The monoisotopic (exact) mass is 238 g/mol. The summed E-state index contributed by atoms with van der Waals surface area (Å²) in [7, 11) is 0. The lowest BCUT2D eigenvalue weighted by molar-refractivity contribution is -0.142. The van der Waals surface area contributed by atoms with Gasteiger partial charge in [-0.25, -0.2) is 0 Å². The molecule has 0 radical (unpaired) electrons. The molecule has 0 N–H and O–H groups in total. The van der Waals surface area contributed by atoms with Crippen LogP contribution in [-0.4, -0.2) is 12.6 Å². The fourth-order valence-electron chi connectivity index (χ4n) is 1.56. The zero-order valence-electron chi connectivity index (χ0n) is 11.3. The highest BCUT2D eigenvalue weighted by atomic mass is 16.5. The van der Waals surface area contributed by atoms with Crippen molar-refractivity contribution in [2.75, 3.05) is 6.61 Å². The molecule has 0 bridgehead atoms.